The number of pyridine rings is 1. The van der Waals surface area contributed by atoms with Gasteiger partial charge in [0.1, 0.15) is 11.5 Å². The molecule has 2 aliphatic rings. The van der Waals surface area contributed by atoms with E-state index in [1.165, 1.54) is 61.1 Å². The molecule has 2 fully saturated rings. The topological polar surface area (TPSA) is 66.6 Å². The van der Waals surface area contributed by atoms with Gasteiger partial charge in [0.15, 0.2) is 5.01 Å². The molecule has 0 radical (unpaired) electrons. The number of benzene rings is 1. The molecule has 6 rings (SSSR count). The Hall–Kier alpha value is -3.17. The first kappa shape index (κ1) is 22.3. The van der Waals surface area contributed by atoms with E-state index in [0.717, 1.165) is 52.8 Å². The molecule has 0 unspecified atom stereocenters. The van der Waals surface area contributed by atoms with E-state index < -0.39 is 0 Å². The summed E-state index contributed by atoms with van der Waals surface area (Å²) in [5, 5.41) is 10.6. The molecule has 0 atom stereocenters. The smallest absolute Gasteiger partial charge is 0.257 e. The lowest BCUT2D eigenvalue weighted by Crippen LogP contribution is -2.46. The lowest BCUT2D eigenvalue weighted by atomic mass is 10.0. The summed E-state index contributed by atoms with van der Waals surface area (Å²) in [6.07, 6.45) is 9.59. The third kappa shape index (κ3) is 4.46. The number of fused-ring (bicyclic) bond motifs is 1. The maximum atomic E-state index is 13.5. The Morgan fingerprint density at radius 2 is 1.69 bits per heavy atom. The van der Waals surface area contributed by atoms with Crippen LogP contribution < -0.4 is 10.5 Å². The highest BCUT2D eigenvalue weighted by molar-refractivity contribution is 7.18. The molecule has 2 aliphatic heterocycles. The van der Waals surface area contributed by atoms with Gasteiger partial charge < -0.3 is 9.80 Å². The van der Waals surface area contributed by atoms with Crippen molar-refractivity contribution in [3.63, 3.8) is 0 Å². The number of halogens is 1. The molecule has 0 spiro atoms. The molecule has 0 N–H and O–H groups in total. The predicted octanol–water partition coefficient (Wildman–Crippen LogP) is 4.47. The fraction of sp³-hybridized carbons (Fsp3) is 0.385. The molecule has 0 amide bonds. The van der Waals surface area contributed by atoms with Crippen LogP contribution in [0.3, 0.4) is 0 Å². The maximum absolute atomic E-state index is 13.5. The number of aromatic nitrogens is 4. The molecule has 2 saturated heterocycles. The molecule has 35 heavy (non-hydrogen) atoms. The quantitative estimate of drug-likeness (QED) is 0.420. The summed E-state index contributed by atoms with van der Waals surface area (Å²) in [6.45, 7) is 4.44. The van der Waals surface area contributed by atoms with E-state index in [1.807, 2.05) is 6.07 Å². The van der Waals surface area contributed by atoms with Crippen molar-refractivity contribution in [2.24, 2.45) is 0 Å². The second kappa shape index (κ2) is 9.47. The van der Waals surface area contributed by atoms with Gasteiger partial charge in [-0.1, -0.05) is 29.9 Å². The van der Waals surface area contributed by atoms with Crippen LogP contribution in [0, 0.1) is 5.82 Å². The molecule has 0 bridgehead atoms. The van der Waals surface area contributed by atoms with Crippen LogP contribution in [0.15, 0.2) is 53.6 Å². The standard InChI is InChI=1S/C26H27FN6OS/c27-20-6-4-18(5-7-20)22-16-19(17-33-23(34)8-11-28-24(22)33)25-29-30-26(35-25)32-14-9-21(10-15-32)31-12-2-1-3-13-31/h4-8,11,16-17,21H,1-3,9-10,12-15H2. The molecule has 180 valence electrons. The molecular formula is C26H27FN6OS. The molecule has 4 aromatic rings. The Labute approximate surface area is 206 Å². The first-order chi connectivity index (χ1) is 17.2. The van der Waals surface area contributed by atoms with E-state index >= 15 is 0 Å². The lowest BCUT2D eigenvalue weighted by molar-refractivity contribution is 0.141. The first-order valence-electron chi connectivity index (χ1n) is 12.3. The summed E-state index contributed by atoms with van der Waals surface area (Å²) < 4.78 is 15.1. The molecular weight excluding hydrogens is 463 g/mol. The predicted molar refractivity (Wildman–Crippen MR) is 136 cm³/mol. The van der Waals surface area contributed by atoms with E-state index in [1.54, 1.807) is 29.7 Å². The Balaban J connectivity index is 1.29. The second-order valence-corrected chi connectivity index (χ2v) is 10.3. The van der Waals surface area contributed by atoms with Crippen molar-refractivity contribution in [2.45, 2.75) is 38.1 Å². The molecule has 0 aliphatic carbocycles. The van der Waals surface area contributed by atoms with Crippen molar-refractivity contribution in [3.05, 3.63) is 65.0 Å². The minimum Gasteiger partial charge on any atom is -0.347 e. The second-order valence-electron chi connectivity index (χ2n) is 9.33. The number of hydrogen-bond acceptors (Lipinski definition) is 7. The average Bonchev–Trinajstić information content (AvgIpc) is 3.40. The normalized spacial score (nSPS) is 17.8. The SMILES string of the molecule is O=c1ccnc2c(-c3ccc(F)cc3)cc(-c3nnc(N4CCC(N5CCCCC5)CC4)s3)cn12. The van der Waals surface area contributed by atoms with Crippen molar-refractivity contribution >= 4 is 22.1 Å². The zero-order valence-electron chi connectivity index (χ0n) is 19.4. The van der Waals surface area contributed by atoms with Crippen LogP contribution in [-0.4, -0.2) is 56.7 Å². The molecule has 9 heteroatoms. The summed E-state index contributed by atoms with van der Waals surface area (Å²) >= 11 is 1.54. The molecule has 3 aromatic heterocycles. The van der Waals surface area contributed by atoms with E-state index in [-0.39, 0.29) is 11.4 Å². The summed E-state index contributed by atoms with van der Waals surface area (Å²) in [6, 6.07) is 10.3. The van der Waals surface area contributed by atoms with Gasteiger partial charge in [0.25, 0.3) is 5.56 Å². The van der Waals surface area contributed by atoms with Crippen molar-refractivity contribution in [1.29, 1.82) is 0 Å². The van der Waals surface area contributed by atoms with E-state index in [2.05, 4.69) is 25.0 Å². The summed E-state index contributed by atoms with van der Waals surface area (Å²) in [7, 11) is 0. The van der Waals surface area contributed by atoms with Crippen LogP contribution in [-0.2, 0) is 0 Å². The number of rotatable bonds is 4. The Morgan fingerprint density at radius 1 is 0.914 bits per heavy atom. The fourth-order valence-electron chi connectivity index (χ4n) is 5.26. The third-order valence-corrected chi connectivity index (χ3v) is 8.18. The maximum Gasteiger partial charge on any atom is 0.257 e. The van der Waals surface area contributed by atoms with Crippen LogP contribution >= 0.6 is 11.3 Å². The van der Waals surface area contributed by atoms with Gasteiger partial charge in [-0.3, -0.25) is 9.20 Å². The molecule has 0 saturated carbocycles. The van der Waals surface area contributed by atoms with E-state index in [9.17, 15) is 9.18 Å². The zero-order valence-corrected chi connectivity index (χ0v) is 20.3. The summed E-state index contributed by atoms with van der Waals surface area (Å²) in [4.78, 5) is 22.1. The molecule has 7 nitrogen and oxygen atoms in total. The number of piperidine rings is 2. The van der Waals surface area contributed by atoms with Crippen LogP contribution in [0.4, 0.5) is 9.52 Å². The van der Waals surface area contributed by atoms with Gasteiger partial charge in [0.2, 0.25) is 5.13 Å². The minimum absolute atomic E-state index is 0.176. The number of nitrogens with zero attached hydrogens (tertiary/aromatic N) is 6. The highest BCUT2D eigenvalue weighted by Gasteiger charge is 2.27. The van der Waals surface area contributed by atoms with Crippen molar-refractivity contribution in [1.82, 2.24) is 24.5 Å². The van der Waals surface area contributed by atoms with Gasteiger partial charge >= 0.3 is 0 Å². The van der Waals surface area contributed by atoms with Crippen LogP contribution in [0.5, 0.6) is 0 Å². The van der Waals surface area contributed by atoms with Crippen molar-refractivity contribution in [3.8, 4) is 21.7 Å². The summed E-state index contributed by atoms with van der Waals surface area (Å²) in [5.74, 6) is -0.308. The average molecular weight is 491 g/mol. The number of anilines is 1. The Morgan fingerprint density at radius 3 is 2.46 bits per heavy atom. The van der Waals surface area contributed by atoms with Crippen molar-refractivity contribution in [2.75, 3.05) is 31.1 Å². The third-order valence-electron chi connectivity index (χ3n) is 7.15. The minimum atomic E-state index is -0.308. The van der Waals surface area contributed by atoms with Crippen LogP contribution in [0.2, 0.25) is 0 Å². The highest BCUT2D eigenvalue weighted by atomic mass is 32.1. The van der Waals surface area contributed by atoms with E-state index in [4.69, 9.17) is 0 Å². The van der Waals surface area contributed by atoms with Gasteiger partial charge in [-0.2, -0.15) is 0 Å². The fourth-order valence-corrected chi connectivity index (χ4v) is 6.14. The van der Waals surface area contributed by atoms with Gasteiger partial charge in [0.05, 0.1) is 0 Å². The van der Waals surface area contributed by atoms with Gasteiger partial charge in [0, 0.05) is 48.7 Å². The van der Waals surface area contributed by atoms with E-state index in [0.29, 0.717) is 11.7 Å². The number of hydrogen-bond donors (Lipinski definition) is 0. The highest BCUT2D eigenvalue weighted by Crippen LogP contribution is 2.34. The Bertz CT molecular complexity index is 1390. The summed E-state index contributed by atoms with van der Waals surface area (Å²) in [5.41, 5.74) is 2.67. The zero-order chi connectivity index (χ0) is 23.8. The van der Waals surface area contributed by atoms with Crippen molar-refractivity contribution < 1.29 is 4.39 Å². The van der Waals surface area contributed by atoms with Crippen LogP contribution in [0.25, 0.3) is 27.3 Å². The first-order valence-corrected chi connectivity index (χ1v) is 13.1. The van der Waals surface area contributed by atoms with Gasteiger partial charge in [-0.25, -0.2) is 9.37 Å². The van der Waals surface area contributed by atoms with Gasteiger partial charge in [-0.05, 0) is 62.5 Å². The molecule has 1 aromatic carbocycles. The largest absolute Gasteiger partial charge is 0.347 e. The van der Waals surface area contributed by atoms with Crippen LogP contribution in [0.1, 0.15) is 32.1 Å². The monoisotopic (exact) mass is 490 g/mol. The lowest BCUT2D eigenvalue weighted by Gasteiger charge is -2.40. The molecule has 5 heterocycles. The number of likely N-dealkylation sites (tertiary alicyclic amines) is 1. The Kier molecular flexibility index (Phi) is 6.03. The van der Waals surface area contributed by atoms with Gasteiger partial charge in [-0.15, -0.1) is 10.2 Å².